The van der Waals surface area contributed by atoms with Crippen molar-refractivity contribution in [1.29, 1.82) is 0 Å². The Morgan fingerprint density at radius 3 is 2.50 bits per heavy atom. The lowest BCUT2D eigenvalue weighted by Gasteiger charge is -2.14. The largest absolute Gasteiger partial charge is 0.481 e. The average molecular weight is 308 g/mol. The normalized spacial score (nSPS) is 12.8. The summed E-state index contributed by atoms with van der Waals surface area (Å²) in [5, 5.41) is 10.7. The maximum atomic E-state index is 12.3. The van der Waals surface area contributed by atoms with Gasteiger partial charge in [0.25, 0.3) is 0 Å². The lowest BCUT2D eigenvalue weighted by Crippen LogP contribution is -2.37. The summed E-state index contributed by atoms with van der Waals surface area (Å²) in [6.45, 7) is 0. The Morgan fingerprint density at radius 2 is 1.95 bits per heavy atom. The summed E-state index contributed by atoms with van der Waals surface area (Å²) < 4.78 is 37.0. The molecular weight excluding hydrogens is 297 g/mol. The van der Waals surface area contributed by atoms with E-state index in [9.17, 15) is 22.8 Å². The number of nitrogens with one attached hydrogen (secondary N) is 1. The molecule has 0 spiro atoms. The first-order chi connectivity index (χ1) is 9.19. The topological polar surface area (TPSA) is 92.4 Å². The molecule has 1 aromatic carbocycles. The van der Waals surface area contributed by atoms with Crippen molar-refractivity contribution >= 4 is 29.3 Å². The van der Waals surface area contributed by atoms with E-state index < -0.39 is 29.8 Å². The van der Waals surface area contributed by atoms with Gasteiger partial charge in [0.2, 0.25) is 5.91 Å². The number of carboxylic acids is 1. The second-order valence-corrected chi connectivity index (χ2v) is 4.84. The zero-order valence-electron chi connectivity index (χ0n) is 9.98. The third-order valence-electron chi connectivity index (χ3n) is 2.10. The Labute approximate surface area is 116 Å². The summed E-state index contributed by atoms with van der Waals surface area (Å²) in [5.41, 5.74) is 0.757. The number of aliphatic carboxylic acids is 1. The van der Waals surface area contributed by atoms with Crippen LogP contribution in [0.4, 0.5) is 18.9 Å². The lowest BCUT2D eigenvalue weighted by molar-refractivity contribution is -0.138. The third-order valence-corrected chi connectivity index (χ3v) is 2.91. The Kier molecular flexibility index (Phi) is 5.40. The van der Waals surface area contributed by atoms with Crippen molar-refractivity contribution in [2.75, 3.05) is 5.32 Å². The number of hydrogen-bond donors (Lipinski definition) is 3. The minimum Gasteiger partial charge on any atom is -0.481 e. The molecule has 1 rings (SSSR count). The number of alkyl halides is 3. The molecule has 110 valence electrons. The van der Waals surface area contributed by atoms with Gasteiger partial charge in [0.05, 0.1) is 18.2 Å². The number of hydrogen-bond acceptors (Lipinski definition) is 4. The number of amides is 1. The summed E-state index contributed by atoms with van der Waals surface area (Å²) >= 11 is -0.377. The number of para-hydroxylation sites is 1. The van der Waals surface area contributed by atoms with E-state index in [4.69, 9.17) is 10.8 Å². The second-order valence-electron chi connectivity index (χ2n) is 3.74. The van der Waals surface area contributed by atoms with Crippen molar-refractivity contribution in [3.05, 3.63) is 24.3 Å². The summed E-state index contributed by atoms with van der Waals surface area (Å²) in [5.74, 6) is -2.13. The first kappa shape index (κ1) is 16.3. The fourth-order valence-electron chi connectivity index (χ4n) is 1.29. The second kappa shape index (κ2) is 6.62. The van der Waals surface area contributed by atoms with Crippen molar-refractivity contribution in [1.82, 2.24) is 0 Å². The monoisotopic (exact) mass is 308 g/mol. The molecule has 0 aliphatic heterocycles. The molecule has 20 heavy (non-hydrogen) atoms. The standard InChI is InChI=1S/C11H11F3N2O3S/c12-11(13,14)20-8-4-2-1-3-7(8)16-10(19)6(15)5-9(17)18/h1-4,6H,5,15H2,(H,16,19)(H,17,18). The molecule has 0 aromatic heterocycles. The van der Waals surface area contributed by atoms with Crippen LogP contribution in [0.1, 0.15) is 6.42 Å². The molecule has 4 N–H and O–H groups in total. The van der Waals surface area contributed by atoms with Crippen molar-refractivity contribution in [2.45, 2.75) is 22.9 Å². The molecule has 0 radical (unpaired) electrons. The predicted octanol–water partition coefficient (Wildman–Crippen LogP) is 2.04. The predicted molar refractivity (Wildman–Crippen MR) is 67.2 cm³/mol. The molecule has 0 bridgehead atoms. The van der Waals surface area contributed by atoms with E-state index in [1.807, 2.05) is 0 Å². The van der Waals surface area contributed by atoms with E-state index in [0.29, 0.717) is 0 Å². The SMILES string of the molecule is NC(CC(=O)O)C(=O)Nc1ccccc1SC(F)(F)F. The van der Waals surface area contributed by atoms with Gasteiger partial charge in [-0.25, -0.2) is 0 Å². The maximum Gasteiger partial charge on any atom is 0.446 e. The van der Waals surface area contributed by atoms with Crippen LogP contribution in [0.5, 0.6) is 0 Å². The van der Waals surface area contributed by atoms with Crippen molar-refractivity contribution < 1.29 is 27.9 Å². The highest BCUT2D eigenvalue weighted by atomic mass is 32.2. The first-order valence-electron chi connectivity index (χ1n) is 5.32. The Morgan fingerprint density at radius 1 is 1.35 bits per heavy atom. The molecule has 1 unspecified atom stereocenters. The van der Waals surface area contributed by atoms with Gasteiger partial charge in [0.15, 0.2) is 0 Å². The van der Waals surface area contributed by atoms with Gasteiger partial charge in [-0.3, -0.25) is 9.59 Å². The van der Waals surface area contributed by atoms with Gasteiger partial charge in [0, 0.05) is 4.90 Å². The van der Waals surface area contributed by atoms with Gasteiger partial charge >= 0.3 is 11.5 Å². The molecule has 1 aromatic rings. The highest BCUT2D eigenvalue weighted by Gasteiger charge is 2.30. The molecule has 5 nitrogen and oxygen atoms in total. The number of carbonyl (C=O) groups is 2. The van der Waals surface area contributed by atoms with Crippen LogP contribution >= 0.6 is 11.8 Å². The lowest BCUT2D eigenvalue weighted by atomic mass is 10.2. The fraction of sp³-hybridized carbons (Fsp3) is 0.273. The van der Waals surface area contributed by atoms with Gasteiger partial charge in [-0.1, -0.05) is 12.1 Å². The summed E-state index contributed by atoms with van der Waals surface area (Å²) in [7, 11) is 0. The molecule has 0 fully saturated rings. The molecule has 0 saturated carbocycles. The van der Waals surface area contributed by atoms with E-state index >= 15 is 0 Å². The number of carboxylic acid groups (broad SMARTS) is 1. The Hall–Kier alpha value is -1.74. The van der Waals surface area contributed by atoms with Crippen molar-refractivity contribution in [2.24, 2.45) is 5.73 Å². The zero-order valence-corrected chi connectivity index (χ0v) is 10.8. The average Bonchev–Trinajstić information content (AvgIpc) is 2.28. The zero-order chi connectivity index (χ0) is 15.3. The minimum atomic E-state index is -4.50. The van der Waals surface area contributed by atoms with Gasteiger partial charge in [-0.05, 0) is 23.9 Å². The highest BCUT2D eigenvalue weighted by molar-refractivity contribution is 8.00. The summed E-state index contributed by atoms with van der Waals surface area (Å²) in [4.78, 5) is 21.8. The molecular formula is C11H11F3N2O3S. The van der Waals surface area contributed by atoms with Crippen LogP contribution in [0.3, 0.4) is 0 Å². The van der Waals surface area contributed by atoms with Crippen LogP contribution in [0.2, 0.25) is 0 Å². The molecule has 1 atom stereocenters. The molecule has 0 heterocycles. The van der Waals surface area contributed by atoms with E-state index in [1.165, 1.54) is 24.3 Å². The smallest absolute Gasteiger partial charge is 0.446 e. The van der Waals surface area contributed by atoms with Crippen LogP contribution < -0.4 is 11.1 Å². The number of carbonyl (C=O) groups excluding carboxylic acids is 1. The molecule has 0 aliphatic rings. The van der Waals surface area contributed by atoms with Gasteiger partial charge in [0.1, 0.15) is 0 Å². The van der Waals surface area contributed by atoms with Crippen LogP contribution in [-0.2, 0) is 9.59 Å². The van der Waals surface area contributed by atoms with Crippen LogP contribution in [0.15, 0.2) is 29.2 Å². The van der Waals surface area contributed by atoms with Gasteiger partial charge in [-0.15, -0.1) is 0 Å². The van der Waals surface area contributed by atoms with Crippen LogP contribution in [-0.4, -0.2) is 28.5 Å². The molecule has 0 aliphatic carbocycles. The van der Waals surface area contributed by atoms with E-state index in [2.05, 4.69) is 5.32 Å². The van der Waals surface area contributed by atoms with E-state index in [1.54, 1.807) is 0 Å². The number of thioether (sulfide) groups is 1. The van der Waals surface area contributed by atoms with Crippen LogP contribution in [0.25, 0.3) is 0 Å². The highest BCUT2D eigenvalue weighted by Crippen LogP contribution is 2.40. The van der Waals surface area contributed by atoms with Crippen molar-refractivity contribution in [3.63, 3.8) is 0 Å². The first-order valence-corrected chi connectivity index (χ1v) is 6.13. The van der Waals surface area contributed by atoms with Crippen LogP contribution in [0, 0.1) is 0 Å². The van der Waals surface area contributed by atoms with E-state index in [0.717, 1.165) is 0 Å². The van der Waals surface area contributed by atoms with Gasteiger partial charge in [-0.2, -0.15) is 13.2 Å². The molecule has 0 saturated heterocycles. The third kappa shape index (κ3) is 5.49. The van der Waals surface area contributed by atoms with E-state index in [-0.39, 0.29) is 22.3 Å². The maximum absolute atomic E-state index is 12.3. The quantitative estimate of drug-likeness (QED) is 0.724. The number of halogens is 3. The number of rotatable bonds is 5. The Balaban J connectivity index is 2.82. The number of benzene rings is 1. The summed E-state index contributed by atoms with van der Waals surface area (Å²) in [6, 6.07) is 3.96. The minimum absolute atomic E-state index is 0.0688. The fourth-order valence-corrected chi connectivity index (χ4v) is 1.91. The molecule has 9 heteroatoms. The number of nitrogens with two attached hydrogens (primary N) is 1. The van der Waals surface area contributed by atoms with Gasteiger partial charge < -0.3 is 16.2 Å². The van der Waals surface area contributed by atoms with Crippen molar-refractivity contribution in [3.8, 4) is 0 Å². The number of anilines is 1. The summed E-state index contributed by atoms with van der Waals surface area (Å²) in [6.07, 6.45) is -0.611. The molecule has 1 amide bonds. The Bertz CT molecular complexity index is 508.